The van der Waals surface area contributed by atoms with Crippen LogP contribution < -0.4 is 0 Å². The number of nitrogens with zero attached hydrogens (tertiary/aromatic N) is 6. The molecule has 0 bridgehead atoms. The van der Waals surface area contributed by atoms with E-state index in [1.165, 1.54) is 11.9 Å². The summed E-state index contributed by atoms with van der Waals surface area (Å²) in [6, 6.07) is 20.3. The number of amides is 1. The minimum absolute atomic E-state index is 0.0453. The van der Waals surface area contributed by atoms with Gasteiger partial charge >= 0.3 is 0 Å². The van der Waals surface area contributed by atoms with Crippen LogP contribution in [0.3, 0.4) is 0 Å². The third kappa shape index (κ3) is 4.27. The fourth-order valence-corrected chi connectivity index (χ4v) is 4.40. The molecule has 5 rings (SSSR count). The van der Waals surface area contributed by atoms with Crippen molar-refractivity contribution in [3.05, 3.63) is 90.5 Å². The van der Waals surface area contributed by atoms with Gasteiger partial charge in [-0.1, -0.05) is 30.3 Å². The Kier molecular flexibility index (Phi) is 5.70. The van der Waals surface area contributed by atoms with Gasteiger partial charge in [-0.2, -0.15) is 0 Å². The van der Waals surface area contributed by atoms with Crippen molar-refractivity contribution in [2.75, 3.05) is 13.1 Å². The average molecular weight is 425 g/mol. The number of carbonyl (C=O) groups is 1. The van der Waals surface area contributed by atoms with Gasteiger partial charge in [0.1, 0.15) is 6.33 Å². The summed E-state index contributed by atoms with van der Waals surface area (Å²) in [6.45, 7) is 1.51. The maximum Gasteiger partial charge on any atom is 0.253 e. The first-order valence-corrected chi connectivity index (χ1v) is 10.9. The number of rotatable bonds is 4. The van der Waals surface area contributed by atoms with E-state index in [9.17, 15) is 4.79 Å². The molecule has 1 aliphatic rings. The quantitative estimate of drug-likeness (QED) is 0.492. The molecule has 0 N–H and O–H groups in total. The highest BCUT2D eigenvalue weighted by atomic mass is 16.2. The SMILES string of the molecule is O=C(c1cc(-c2ccncc2)cc(-n2cnnn2)c1)N1CCCC(c2ccccc2)CC1. The van der Waals surface area contributed by atoms with Gasteiger partial charge in [0, 0.05) is 31.0 Å². The Balaban J connectivity index is 1.43. The van der Waals surface area contributed by atoms with Crippen molar-refractivity contribution >= 4 is 5.91 Å². The van der Waals surface area contributed by atoms with Crippen LogP contribution in [-0.2, 0) is 0 Å². The number of hydrogen-bond donors (Lipinski definition) is 0. The Labute approximate surface area is 186 Å². The minimum atomic E-state index is 0.0453. The second kappa shape index (κ2) is 9.09. The largest absolute Gasteiger partial charge is 0.339 e. The first-order valence-electron chi connectivity index (χ1n) is 10.9. The fourth-order valence-electron chi connectivity index (χ4n) is 4.40. The summed E-state index contributed by atoms with van der Waals surface area (Å²) < 4.78 is 1.58. The van der Waals surface area contributed by atoms with E-state index in [1.54, 1.807) is 17.1 Å². The highest BCUT2D eigenvalue weighted by Crippen LogP contribution is 2.29. The van der Waals surface area contributed by atoms with Gasteiger partial charge < -0.3 is 4.90 Å². The number of likely N-dealkylation sites (tertiary alicyclic amines) is 1. The number of hydrogen-bond acceptors (Lipinski definition) is 5. The van der Waals surface area contributed by atoms with Crippen molar-refractivity contribution in [2.24, 2.45) is 0 Å². The first kappa shape index (κ1) is 20.1. The van der Waals surface area contributed by atoms with E-state index in [4.69, 9.17) is 0 Å². The lowest BCUT2D eigenvalue weighted by Gasteiger charge is -2.22. The summed E-state index contributed by atoms with van der Waals surface area (Å²) >= 11 is 0. The van der Waals surface area contributed by atoms with Gasteiger partial charge in [-0.3, -0.25) is 9.78 Å². The lowest BCUT2D eigenvalue weighted by atomic mass is 9.92. The Morgan fingerprint density at radius 1 is 0.906 bits per heavy atom. The molecule has 1 saturated heterocycles. The van der Waals surface area contributed by atoms with E-state index in [0.717, 1.165) is 49.2 Å². The van der Waals surface area contributed by atoms with Crippen molar-refractivity contribution in [3.8, 4) is 16.8 Å². The number of carbonyl (C=O) groups excluding carboxylic acids is 1. The summed E-state index contributed by atoms with van der Waals surface area (Å²) in [6.07, 6.45) is 8.10. The third-order valence-corrected chi connectivity index (χ3v) is 6.08. The maximum atomic E-state index is 13.6. The van der Waals surface area contributed by atoms with Crippen LogP contribution in [0.5, 0.6) is 0 Å². The van der Waals surface area contributed by atoms with Gasteiger partial charge in [0.2, 0.25) is 0 Å². The highest BCUT2D eigenvalue weighted by Gasteiger charge is 2.23. The molecule has 1 aliphatic heterocycles. The van der Waals surface area contributed by atoms with E-state index in [0.29, 0.717) is 11.5 Å². The van der Waals surface area contributed by atoms with E-state index in [1.807, 2.05) is 41.3 Å². The van der Waals surface area contributed by atoms with E-state index >= 15 is 0 Å². The van der Waals surface area contributed by atoms with Crippen LogP contribution in [0.1, 0.15) is 41.1 Å². The molecule has 4 aromatic rings. The maximum absolute atomic E-state index is 13.6. The molecule has 1 unspecified atom stereocenters. The van der Waals surface area contributed by atoms with Crippen molar-refractivity contribution in [3.63, 3.8) is 0 Å². The van der Waals surface area contributed by atoms with Gasteiger partial charge in [-0.15, -0.1) is 5.10 Å². The first-order chi connectivity index (χ1) is 15.8. The summed E-state index contributed by atoms with van der Waals surface area (Å²) in [5.41, 5.74) is 4.68. The number of pyridine rings is 1. The molecular formula is C25H24N6O. The lowest BCUT2D eigenvalue weighted by Crippen LogP contribution is -2.32. The van der Waals surface area contributed by atoms with E-state index in [2.05, 4.69) is 44.8 Å². The second-order valence-corrected chi connectivity index (χ2v) is 8.09. The van der Waals surface area contributed by atoms with Crippen LogP contribution in [0.2, 0.25) is 0 Å². The third-order valence-electron chi connectivity index (χ3n) is 6.08. The van der Waals surface area contributed by atoms with E-state index in [-0.39, 0.29) is 5.91 Å². The van der Waals surface area contributed by atoms with Gasteiger partial charge in [-0.25, -0.2) is 4.68 Å². The smallest absolute Gasteiger partial charge is 0.253 e. The van der Waals surface area contributed by atoms with Crippen LogP contribution in [-0.4, -0.2) is 49.1 Å². The molecule has 0 saturated carbocycles. The zero-order chi connectivity index (χ0) is 21.8. The fraction of sp³-hybridized carbons (Fsp3) is 0.240. The van der Waals surface area contributed by atoms with Crippen LogP contribution in [0.4, 0.5) is 0 Å². The minimum Gasteiger partial charge on any atom is -0.339 e. The monoisotopic (exact) mass is 424 g/mol. The molecule has 7 heteroatoms. The Hall–Kier alpha value is -3.87. The predicted octanol–water partition coefficient (Wildman–Crippen LogP) is 4.13. The van der Waals surface area contributed by atoms with Crippen LogP contribution in [0.15, 0.2) is 79.4 Å². The average Bonchev–Trinajstić information content (AvgIpc) is 3.29. The van der Waals surface area contributed by atoms with Gasteiger partial charge in [-0.05, 0) is 82.6 Å². The van der Waals surface area contributed by atoms with Crippen molar-refractivity contribution in [1.29, 1.82) is 0 Å². The zero-order valence-electron chi connectivity index (χ0n) is 17.7. The van der Waals surface area contributed by atoms with Crippen molar-refractivity contribution in [1.82, 2.24) is 30.1 Å². The van der Waals surface area contributed by atoms with Crippen molar-refractivity contribution in [2.45, 2.75) is 25.2 Å². The van der Waals surface area contributed by atoms with Gasteiger partial charge in [0.15, 0.2) is 0 Å². The lowest BCUT2D eigenvalue weighted by molar-refractivity contribution is 0.0761. The Bertz CT molecular complexity index is 1180. The molecule has 1 fully saturated rings. The molecule has 7 nitrogen and oxygen atoms in total. The Morgan fingerprint density at radius 3 is 2.53 bits per heavy atom. The molecule has 0 spiro atoms. The van der Waals surface area contributed by atoms with E-state index < -0.39 is 0 Å². The van der Waals surface area contributed by atoms with Crippen LogP contribution in [0.25, 0.3) is 16.8 Å². The molecule has 0 radical (unpaired) electrons. The molecule has 2 aromatic carbocycles. The number of aromatic nitrogens is 5. The van der Waals surface area contributed by atoms with Crippen LogP contribution >= 0.6 is 0 Å². The highest BCUT2D eigenvalue weighted by molar-refractivity contribution is 5.96. The zero-order valence-corrected chi connectivity index (χ0v) is 17.7. The number of benzene rings is 2. The van der Waals surface area contributed by atoms with Gasteiger partial charge in [0.25, 0.3) is 5.91 Å². The standard InChI is InChI=1S/C25H24N6O/c32-25(30-13-4-7-20(10-14-30)19-5-2-1-3-6-19)23-15-22(21-8-11-26-12-9-21)16-24(17-23)31-18-27-28-29-31/h1-3,5-6,8-9,11-12,15-18,20H,4,7,10,13-14H2. The van der Waals surface area contributed by atoms with Crippen LogP contribution in [0, 0.1) is 0 Å². The molecule has 0 aliphatic carbocycles. The molecule has 3 heterocycles. The Morgan fingerprint density at radius 2 is 1.75 bits per heavy atom. The summed E-state index contributed by atoms with van der Waals surface area (Å²) in [5.74, 6) is 0.540. The molecule has 32 heavy (non-hydrogen) atoms. The summed E-state index contributed by atoms with van der Waals surface area (Å²) in [7, 11) is 0. The molecule has 1 atom stereocenters. The predicted molar refractivity (Wildman–Crippen MR) is 121 cm³/mol. The molecule has 1 amide bonds. The summed E-state index contributed by atoms with van der Waals surface area (Å²) in [4.78, 5) is 19.6. The molecule has 2 aromatic heterocycles. The molecule has 160 valence electrons. The normalized spacial score (nSPS) is 16.5. The second-order valence-electron chi connectivity index (χ2n) is 8.09. The van der Waals surface area contributed by atoms with Crippen molar-refractivity contribution < 1.29 is 4.79 Å². The molecular weight excluding hydrogens is 400 g/mol. The summed E-state index contributed by atoms with van der Waals surface area (Å²) in [5, 5.41) is 11.5. The number of tetrazole rings is 1. The van der Waals surface area contributed by atoms with Gasteiger partial charge in [0.05, 0.1) is 5.69 Å². The topological polar surface area (TPSA) is 76.8 Å².